The van der Waals surface area contributed by atoms with Crippen molar-refractivity contribution in [3.05, 3.63) is 76.5 Å². The van der Waals surface area contributed by atoms with Crippen LogP contribution in [0.25, 0.3) is 11.3 Å². The van der Waals surface area contributed by atoms with Crippen molar-refractivity contribution in [2.45, 2.75) is 20.0 Å². The predicted octanol–water partition coefficient (Wildman–Crippen LogP) is 3.82. The van der Waals surface area contributed by atoms with E-state index >= 15 is 0 Å². The zero-order valence-electron chi connectivity index (χ0n) is 13.5. The van der Waals surface area contributed by atoms with Crippen molar-refractivity contribution < 1.29 is 13.6 Å². The van der Waals surface area contributed by atoms with Crippen molar-refractivity contribution in [3.8, 4) is 11.3 Å². The van der Waals surface area contributed by atoms with Crippen molar-refractivity contribution in [2.75, 3.05) is 0 Å². The van der Waals surface area contributed by atoms with Crippen LogP contribution in [0, 0.1) is 18.6 Å². The summed E-state index contributed by atoms with van der Waals surface area (Å²) in [5, 5.41) is 7.38. The molecule has 1 aromatic heterocycles. The summed E-state index contributed by atoms with van der Waals surface area (Å²) in [4.78, 5) is 14.2. The predicted molar refractivity (Wildman–Crippen MR) is 88.7 cm³/mol. The number of nitrogens with zero attached hydrogens (tertiary/aromatic N) is 2. The van der Waals surface area contributed by atoms with E-state index in [9.17, 15) is 13.6 Å². The standard InChI is InChI=1S/C19H15F2N3O/c1-11-4-2-3-5-13(11)18-14-9-24(10-17(14)22-23-18)19(25)12-6-7-15(20)16(21)8-12/h2-8H,9-10H2,1H3,(H,22,23). The average Bonchev–Trinajstić information content (AvgIpc) is 3.18. The summed E-state index contributed by atoms with van der Waals surface area (Å²) in [7, 11) is 0. The van der Waals surface area contributed by atoms with Gasteiger partial charge < -0.3 is 4.90 Å². The van der Waals surface area contributed by atoms with E-state index in [0.717, 1.165) is 40.2 Å². The van der Waals surface area contributed by atoms with Gasteiger partial charge in [0.2, 0.25) is 0 Å². The van der Waals surface area contributed by atoms with E-state index in [4.69, 9.17) is 0 Å². The first-order valence-corrected chi connectivity index (χ1v) is 7.91. The minimum absolute atomic E-state index is 0.134. The fraction of sp³-hybridized carbons (Fsp3) is 0.158. The van der Waals surface area contributed by atoms with E-state index in [0.29, 0.717) is 13.1 Å². The minimum atomic E-state index is -1.02. The van der Waals surface area contributed by atoms with E-state index in [1.807, 2.05) is 31.2 Å². The third-order valence-corrected chi connectivity index (χ3v) is 4.50. The molecule has 2 heterocycles. The van der Waals surface area contributed by atoms with Gasteiger partial charge in [0, 0.05) is 16.7 Å². The van der Waals surface area contributed by atoms with Crippen LogP contribution < -0.4 is 0 Å². The number of fused-ring (bicyclic) bond motifs is 1. The first kappa shape index (κ1) is 15.5. The number of aromatic nitrogens is 2. The van der Waals surface area contributed by atoms with E-state index in [1.54, 1.807) is 4.90 Å². The largest absolute Gasteiger partial charge is 0.328 e. The molecule has 0 spiro atoms. The lowest BCUT2D eigenvalue weighted by atomic mass is 10.0. The van der Waals surface area contributed by atoms with E-state index < -0.39 is 11.6 Å². The van der Waals surface area contributed by atoms with Gasteiger partial charge in [0.15, 0.2) is 11.6 Å². The number of carbonyl (C=O) groups is 1. The van der Waals surface area contributed by atoms with Gasteiger partial charge in [0.05, 0.1) is 24.5 Å². The topological polar surface area (TPSA) is 49.0 Å². The van der Waals surface area contributed by atoms with Crippen LogP contribution >= 0.6 is 0 Å². The zero-order valence-corrected chi connectivity index (χ0v) is 13.5. The molecule has 0 saturated carbocycles. The second-order valence-electron chi connectivity index (χ2n) is 6.13. The van der Waals surface area contributed by atoms with E-state index in [2.05, 4.69) is 10.2 Å². The number of carbonyl (C=O) groups excluding carboxylic acids is 1. The molecule has 0 saturated heterocycles. The fourth-order valence-electron chi connectivity index (χ4n) is 3.16. The molecule has 0 aliphatic carbocycles. The summed E-state index contributed by atoms with van der Waals surface area (Å²) in [6.07, 6.45) is 0. The lowest BCUT2D eigenvalue weighted by Crippen LogP contribution is -2.26. The maximum atomic E-state index is 13.4. The Balaban J connectivity index is 1.63. The van der Waals surface area contributed by atoms with Crippen molar-refractivity contribution in [3.63, 3.8) is 0 Å². The molecule has 0 radical (unpaired) electrons. The highest BCUT2D eigenvalue weighted by molar-refractivity contribution is 5.94. The van der Waals surface area contributed by atoms with Crippen LogP contribution in [0.4, 0.5) is 8.78 Å². The van der Waals surface area contributed by atoms with Crippen molar-refractivity contribution in [2.24, 2.45) is 0 Å². The summed E-state index contributed by atoms with van der Waals surface area (Å²) < 4.78 is 26.5. The van der Waals surface area contributed by atoms with Crippen LogP contribution in [0.5, 0.6) is 0 Å². The van der Waals surface area contributed by atoms with Gasteiger partial charge in [0.25, 0.3) is 5.91 Å². The quantitative estimate of drug-likeness (QED) is 0.772. The van der Waals surface area contributed by atoms with Crippen molar-refractivity contribution in [1.82, 2.24) is 15.1 Å². The minimum Gasteiger partial charge on any atom is -0.328 e. The number of aromatic amines is 1. The number of hydrogen-bond donors (Lipinski definition) is 1. The van der Waals surface area contributed by atoms with Gasteiger partial charge in [-0.05, 0) is 30.7 Å². The molecular formula is C19H15F2N3O. The molecule has 1 aliphatic rings. The van der Waals surface area contributed by atoms with E-state index in [1.165, 1.54) is 6.07 Å². The zero-order chi connectivity index (χ0) is 17.6. The van der Waals surface area contributed by atoms with Crippen molar-refractivity contribution in [1.29, 1.82) is 0 Å². The van der Waals surface area contributed by atoms with Crippen LogP contribution in [0.3, 0.4) is 0 Å². The van der Waals surface area contributed by atoms with Crippen molar-refractivity contribution >= 4 is 5.91 Å². The van der Waals surface area contributed by atoms with Gasteiger partial charge in [-0.1, -0.05) is 24.3 Å². The third kappa shape index (κ3) is 2.59. The second kappa shape index (κ2) is 5.81. The van der Waals surface area contributed by atoms with Crippen LogP contribution in [-0.4, -0.2) is 21.0 Å². The number of benzene rings is 2. The molecule has 4 nitrogen and oxygen atoms in total. The molecule has 1 N–H and O–H groups in total. The Hall–Kier alpha value is -3.02. The van der Waals surface area contributed by atoms with Gasteiger partial charge in [-0.3, -0.25) is 9.89 Å². The molecule has 0 atom stereocenters. The number of nitrogens with one attached hydrogen (secondary N) is 1. The number of rotatable bonds is 2. The van der Waals surface area contributed by atoms with E-state index in [-0.39, 0.29) is 11.5 Å². The summed E-state index contributed by atoms with van der Waals surface area (Å²) in [6.45, 7) is 2.76. The summed E-state index contributed by atoms with van der Waals surface area (Å²) in [5.74, 6) is -2.32. The summed E-state index contributed by atoms with van der Waals surface area (Å²) in [6, 6.07) is 11.1. The van der Waals surface area contributed by atoms with Crippen LogP contribution in [0.2, 0.25) is 0 Å². The normalized spacial score (nSPS) is 13.2. The molecule has 126 valence electrons. The Morgan fingerprint density at radius 1 is 1.12 bits per heavy atom. The van der Waals surface area contributed by atoms with Gasteiger partial charge in [-0.15, -0.1) is 0 Å². The molecule has 1 aliphatic heterocycles. The maximum absolute atomic E-state index is 13.4. The molecule has 2 aromatic carbocycles. The molecule has 0 fully saturated rings. The highest BCUT2D eigenvalue weighted by atomic mass is 19.2. The lowest BCUT2D eigenvalue weighted by Gasteiger charge is -2.16. The van der Waals surface area contributed by atoms with Gasteiger partial charge in [-0.2, -0.15) is 5.10 Å². The molecular weight excluding hydrogens is 324 g/mol. The third-order valence-electron chi connectivity index (χ3n) is 4.50. The Morgan fingerprint density at radius 2 is 1.92 bits per heavy atom. The maximum Gasteiger partial charge on any atom is 0.254 e. The number of amides is 1. The Bertz CT molecular complexity index is 981. The van der Waals surface area contributed by atoms with Crippen LogP contribution in [0.15, 0.2) is 42.5 Å². The molecule has 25 heavy (non-hydrogen) atoms. The Kier molecular flexibility index (Phi) is 3.60. The Morgan fingerprint density at radius 3 is 2.68 bits per heavy atom. The highest BCUT2D eigenvalue weighted by Gasteiger charge is 2.29. The Labute approximate surface area is 143 Å². The van der Waals surface area contributed by atoms with Gasteiger partial charge in [0.1, 0.15) is 0 Å². The molecule has 4 rings (SSSR count). The number of halogens is 2. The smallest absolute Gasteiger partial charge is 0.254 e. The number of hydrogen-bond acceptors (Lipinski definition) is 2. The molecule has 0 bridgehead atoms. The monoisotopic (exact) mass is 339 g/mol. The number of aryl methyl sites for hydroxylation is 1. The molecule has 6 heteroatoms. The van der Waals surface area contributed by atoms with Gasteiger partial charge in [-0.25, -0.2) is 8.78 Å². The van der Waals surface area contributed by atoms with Crippen LogP contribution in [-0.2, 0) is 13.1 Å². The summed E-state index contributed by atoms with van der Waals surface area (Å²) in [5.41, 5.74) is 4.91. The number of H-pyrrole nitrogens is 1. The van der Waals surface area contributed by atoms with Gasteiger partial charge >= 0.3 is 0 Å². The molecule has 0 unspecified atom stereocenters. The molecule has 3 aromatic rings. The summed E-state index contributed by atoms with van der Waals surface area (Å²) >= 11 is 0. The first-order chi connectivity index (χ1) is 12.0. The SMILES string of the molecule is Cc1ccccc1-c1n[nH]c2c1CN(C(=O)c1ccc(F)c(F)c1)C2. The fourth-order valence-corrected chi connectivity index (χ4v) is 3.16. The first-order valence-electron chi connectivity index (χ1n) is 7.91. The van der Waals surface area contributed by atoms with Crippen LogP contribution in [0.1, 0.15) is 27.2 Å². The molecule has 1 amide bonds. The lowest BCUT2D eigenvalue weighted by molar-refractivity contribution is 0.0749. The highest BCUT2D eigenvalue weighted by Crippen LogP contribution is 2.32. The average molecular weight is 339 g/mol. The second-order valence-corrected chi connectivity index (χ2v) is 6.13.